The third-order valence-electron chi connectivity index (χ3n) is 3.76. The summed E-state index contributed by atoms with van der Waals surface area (Å²) in [6, 6.07) is 6.29. The van der Waals surface area contributed by atoms with Gasteiger partial charge in [0.15, 0.2) is 0 Å². The van der Waals surface area contributed by atoms with Crippen LogP contribution in [0.2, 0.25) is 0 Å². The second-order valence-electron chi connectivity index (χ2n) is 5.04. The first-order chi connectivity index (χ1) is 10.2. The molecule has 0 radical (unpaired) electrons. The van der Waals surface area contributed by atoms with Gasteiger partial charge in [0.05, 0.1) is 25.0 Å². The van der Waals surface area contributed by atoms with Crippen LogP contribution in [0.25, 0.3) is 0 Å². The number of likely N-dealkylation sites (tertiary alicyclic amines) is 1. The lowest BCUT2D eigenvalue weighted by Crippen LogP contribution is -2.44. The third-order valence-corrected chi connectivity index (χ3v) is 3.76. The summed E-state index contributed by atoms with van der Waals surface area (Å²) < 4.78 is 10.6. The molecular formula is C15H15NO5. The molecule has 2 aromatic rings. The Balaban J connectivity index is 1.95. The first kappa shape index (κ1) is 13.5. The van der Waals surface area contributed by atoms with Crippen molar-refractivity contribution in [2.45, 2.75) is 25.4 Å². The molecule has 0 spiro atoms. The minimum absolute atomic E-state index is 0.0923. The standard InChI is InChI=1S/C15H15NO5/c17-13-6-5-11(15(18)19)14(12-4-2-8-21-12)16(13)9-10-3-1-7-20-10/h1-4,7-8,11,14H,5-6,9H2,(H,18,19). The molecule has 2 atom stereocenters. The first-order valence-corrected chi connectivity index (χ1v) is 6.75. The van der Waals surface area contributed by atoms with Gasteiger partial charge in [0.25, 0.3) is 0 Å². The van der Waals surface area contributed by atoms with Crippen LogP contribution < -0.4 is 0 Å². The van der Waals surface area contributed by atoms with Gasteiger partial charge in [0.1, 0.15) is 17.6 Å². The number of aliphatic carboxylic acids is 1. The van der Waals surface area contributed by atoms with E-state index in [9.17, 15) is 14.7 Å². The van der Waals surface area contributed by atoms with Gasteiger partial charge in [-0.3, -0.25) is 9.59 Å². The average Bonchev–Trinajstić information content (AvgIpc) is 3.13. The first-order valence-electron chi connectivity index (χ1n) is 6.75. The topological polar surface area (TPSA) is 83.9 Å². The highest BCUT2D eigenvalue weighted by molar-refractivity contribution is 5.81. The maximum Gasteiger partial charge on any atom is 0.309 e. The minimum atomic E-state index is -0.923. The molecule has 21 heavy (non-hydrogen) atoms. The van der Waals surface area contributed by atoms with E-state index in [1.54, 1.807) is 24.3 Å². The molecule has 0 aliphatic carbocycles. The Morgan fingerprint density at radius 3 is 2.67 bits per heavy atom. The van der Waals surface area contributed by atoms with Gasteiger partial charge < -0.3 is 18.8 Å². The van der Waals surface area contributed by atoms with Crippen molar-refractivity contribution in [3.63, 3.8) is 0 Å². The van der Waals surface area contributed by atoms with Crippen LogP contribution >= 0.6 is 0 Å². The van der Waals surface area contributed by atoms with Crippen molar-refractivity contribution in [1.29, 1.82) is 0 Å². The molecule has 6 nitrogen and oxygen atoms in total. The average molecular weight is 289 g/mol. The van der Waals surface area contributed by atoms with Gasteiger partial charge in [-0.05, 0) is 30.7 Å². The maximum absolute atomic E-state index is 12.2. The van der Waals surface area contributed by atoms with Crippen LogP contribution in [0.4, 0.5) is 0 Å². The highest BCUT2D eigenvalue weighted by Gasteiger charge is 2.42. The monoisotopic (exact) mass is 289 g/mol. The lowest BCUT2D eigenvalue weighted by molar-refractivity contribution is -0.153. The van der Waals surface area contributed by atoms with Crippen molar-refractivity contribution in [2.24, 2.45) is 5.92 Å². The van der Waals surface area contributed by atoms with Crippen LogP contribution in [-0.2, 0) is 16.1 Å². The fourth-order valence-corrected chi connectivity index (χ4v) is 2.78. The summed E-state index contributed by atoms with van der Waals surface area (Å²) >= 11 is 0. The molecule has 110 valence electrons. The molecule has 1 aliphatic rings. The number of hydrogen-bond acceptors (Lipinski definition) is 4. The largest absolute Gasteiger partial charge is 0.481 e. The van der Waals surface area contributed by atoms with Crippen LogP contribution in [0.15, 0.2) is 45.6 Å². The van der Waals surface area contributed by atoms with Gasteiger partial charge in [0.2, 0.25) is 5.91 Å². The molecule has 1 N–H and O–H groups in total. The fraction of sp³-hybridized carbons (Fsp3) is 0.333. The molecule has 3 heterocycles. The Morgan fingerprint density at radius 2 is 2.05 bits per heavy atom. The van der Waals surface area contributed by atoms with Crippen molar-refractivity contribution < 1.29 is 23.5 Å². The molecule has 1 aliphatic heterocycles. The van der Waals surface area contributed by atoms with Gasteiger partial charge in [-0.15, -0.1) is 0 Å². The number of carboxylic acids is 1. The Hall–Kier alpha value is -2.50. The number of nitrogens with zero attached hydrogens (tertiary/aromatic N) is 1. The number of rotatable bonds is 4. The Bertz CT molecular complexity index is 617. The quantitative estimate of drug-likeness (QED) is 0.934. The highest BCUT2D eigenvalue weighted by atomic mass is 16.4. The van der Waals surface area contributed by atoms with E-state index in [0.29, 0.717) is 17.9 Å². The van der Waals surface area contributed by atoms with Crippen LogP contribution in [0.3, 0.4) is 0 Å². The second-order valence-corrected chi connectivity index (χ2v) is 5.04. The zero-order valence-corrected chi connectivity index (χ0v) is 11.3. The summed E-state index contributed by atoms with van der Waals surface area (Å²) in [6.07, 6.45) is 3.54. The van der Waals surface area contributed by atoms with Crippen molar-refractivity contribution in [3.05, 3.63) is 48.3 Å². The number of furan rings is 2. The number of amides is 1. The van der Waals surface area contributed by atoms with E-state index >= 15 is 0 Å². The molecule has 0 saturated carbocycles. The van der Waals surface area contributed by atoms with Crippen molar-refractivity contribution in [2.75, 3.05) is 0 Å². The van der Waals surface area contributed by atoms with E-state index < -0.39 is 17.9 Å². The summed E-state index contributed by atoms with van der Waals surface area (Å²) in [5, 5.41) is 9.43. The zero-order chi connectivity index (χ0) is 14.8. The summed E-state index contributed by atoms with van der Waals surface area (Å²) in [4.78, 5) is 25.3. The normalized spacial score (nSPS) is 22.5. The maximum atomic E-state index is 12.2. The molecule has 2 unspecified atom stereocenters. The fourth-order valence-electron chi connectivity index (χ4n) is 2.78. The van der Waals surface area contributed by atoms with Gasteiger partial charge in [-0.2, -0.15) is 0 Å². The molecule has 2 aromatic heterocycles. The molecule has 0 bridgehead atoms. The van der Waals surface area contributed by atoms with Gasteiger partial charge >= 0.3 is 5.97 Å². The molecule has 1 amide bonds. The molecule has 1 saturated heterocycles. The lowest BCUT2D eigenvalue weighted by atomic mass is 9.87. The summed E-state index contributed by atoms with van der Waals surface area (Å²) in [6.45, 7) is 0.237. The van der Waals surface area contributed by atoms with Gasteiger partial charge in [-0.25, -0.2) is 0 Å². The second kappa shape index (κ2) is 5.47. The van der Waals surface area contributed by atoms with Crippen LogP contribution in [-0.4, -0.2) is 21.9 Å². The van der Waals surface area contributed by atoms with E-state index in [1.807, 2.05) is 0 Å². The van der Waals surface area contributed by atoms with E-state index in [0.717, 1.165) is 0 Å². The molecule has 6 heteroatoms. The number of carbonyl (C=O) groups excluding carboxylic acids is 1. The van der Waals surface area contributed by atoms with Crippen LogP contribution in [0.1, 0.15) is 30.4 Å². The van der Waals surface area contributed by atoms with Crippen LogP contribution in [0, 0.1) is 5.92 Å². The summed E-state index contributed by atoms with van der Waals surface area (Å²) in [5.74, 6) is -0.588. The predicted molar refractivity (Wildman–Crippen MR) is 71.1 cm³/mol. The van der Waals surface area contributed by atoms with E-state index in [2.05, 4.69) is 0 Å². The summed E-state index contributed by atoms with van der Waals surface area (Å²) in [5.41, 5.74) is 0. The van der Waals surface area contributed by atoms with E-state index in [-0.39, 0.29) is 18.9 Å². The lowest BCUT2D eigenvalue weighted by Gasteiger charge is -2.37. The Kier molecular flexibility index (Phi) is 3.51. The molecular weight excluding hydrogens is 274 g/mol. The third kappa shape index (κ3) is 2.56. The van der Waals surface area contributed by atoms with E-state index in [4.69, 9.17) is 8.83 Å². The SMILES string of the molecule is O=C(O)C1CCC(=O)N(Cc2ccco2)C1c1ccco1. The molecule has 3 rings (SSSR count). The summed E-state index contributed by atoms with van der Waals surface area (Å²) in [7, 11) is 0. The zero-order valence-electron chi connectivity index (χ0n) is 11.3. The predicted octanol–water partition coefficient (Wildman–Crippen LogP) is 2.44. The number of carboxylic acid groups (broad SMARTS) is 1. The smallest absolute Gasteiger partial charge is 0.309 e. The highest BCUT2D eigenvalue weighted by Crippen LogP contribution is 2.38. The Morgan fingerprint density at radius 1 is 1.29 bits per heavy atom. The van der Waals surface area contributed by atoms with Crippen molar-refractivity contribution >= 4 is 11.9 Å². The van der Waals surface area contributed by atoms with E-state index in [1.165, 1.54) is 17.4 Å². The van der Waals surface area contributed by atoms with Crippen LogP contribution in [0.5, 0.6) is 0 Å². The van der Waals surface area contributed by atoms with Crippen molar-refractivity contribution in [1.82, 2.24) is 4.90 Å². The number of carbonyl (C=O) groups is 2. The molecule has 0 aromatic carbocycles. The van der Waals surface area contributed by atoms with Gasteiger partial charge in [-0.1, -0.05) is 0 Å². The number of hydrogen-bond donors (Lipinski definition) is 1. The van der Waals surface area contributed by atoms with Gasteiger partial charge in [0, 0.05) is 6.42 Å². The number of piperidine rings is 1. The van der Waals surface area contributed by atoms with Crippen molar-refractivity contribution in [3.8, 4) is 0 Å². The molecule has 1 fully saturated rings. The Labute approximate surface area is 121 Å². The minimum Gasteiger partial charge on any atom is -0.481 e.